The van der Waals surface area contributed by atoms with Gasteiger partial charge in [-0.2, -0.15) is 4.73 Å². The largest absolute Gasteiger partial charge is 0.619 e. The molecule has 0 aliphatic carbocycles. The Labute approximate surface area is 564 Å². The molecule has 0 saturated carbocycles. The lowest BCUT2D eigenvalue weighted by molar-refractivity contribution is -0.612. The fourth-order valence-corrected chi connectivity index (χ4v) is 7.55. The van der Waals surface area contributed by atoms with E-state index in [1.807, 2.05) is 219 Å². The Morgan fingerprint density at radius 2 is 0.766 bits per heavy atom. The zero-order chi connectivity index (χ0) is 70.1. The van der Waals surface area contributed by atoms with Gasteiger partial charge in [0.15, 0.2) is 11.9 Å². The van der Waals surface area contributed by atoms with Gasteiger partial charge in [0, 0.05) is 138 Å². The maximum Gasteiger partial charge on any atom is 0.189 e. The third-order valence-corrected chi connectivity index (χ3v) is 14.2. The van der Waals surface area contributed by atoms with Crippen LogP contribution in [0.15, 0.2) is 208 Å². The Morgan fingerprint density at radius 3 is 1.17 bits per heavy atom. The number of rotatable bonds is 0. The second-order valence-electron chi connectivity index (χ2n) is 23.3. The summed E-state index contributed by atoms with van der Waals surface area (Å²) in [6.45, 7) is 46.7. The lowest BCUT2D eigenvalue weighted by Crippen LogP contribution is -2.28. The first kappa shape index (κ1) is 80.0. The molecule has 11 heterocycles. The summed E-state index contributed by atoms with van der Waals surface area (Å²) < 4.78 is 0.833. The van der Waals surface area contributed by atoms with Crippen molar-refractivity contribution in [1.29, 1.82) is 0 Å². The maximum atomic E-state index is 10.5. The second kappa shape index (κ2) is 44.4. The van der Waals surface area contributed by atoms with Crippen LogP contribution in [-0.2, 0) is 0 Å². The molecule has 11 aromatic heterocycles. The monoisotopic (exact) mass is 1260 g/mol. The van der Waals surface area contributed by atoms with Crippen LogP contribution in [0.3, 0.4) is 0 Å². The fraction of sp³-hybridized carbons (Fsp3) is 0.280. The van der Waals surface area contributed by atoms with Gasteiger partial charge in [-0.3, -0.25) is 49.8 Å². The van der Waals surface area contributed by atoms with Gasteiger partial charge in [-0.25, -0.2) is 0 Å². The predicted octanol–water partition coefficient (Wildman–Crippen LogP) is 19.4. The summed E-state index contributed by atoms with van der Waals surface area (Å²) in [6, 6.07) is 46.2. The summed E-state index contributed by atoms with van der Waals surface area (Å²) >= 11 is 0. The van der Waals surface area contributed by atoms with Crippen LogP contribution in [-0.4, -0.2) is 49.8 Å². The highest BCUT2D eigenvalue weighted by Crippen LogP contribution is 2.11. The van der Waals surface area contributed by atoms with Crippen LogP contribution in [0.2, 0.25) is 0 Å². The molecule has 0 amide bonds. The van der Waals surface area contributed by atoms with Crippen molar-refractivity contribution in [2.24, 2.45) is 0 Å². The van der Waals surface area contributed by atoms with Gasteiger partial charge in [-0.1, -0.05) is 72.8 Å². The summed E-state index contributed by atoms with van der Waals surface area (Å²) in [5.41, 5.74) is 28.1. The number of hydrogen-bond acceptors (Lipinski definition) is 11. The number of benzene rings is 1. The standard InChI is InChI=1S/C10H9N.4C8H11N.4C7H9N.C6H7NO.C6H7N/c1-8-6-7-9-4-2-3-5-10(9)11-8;1-6-4-8(3)9-5-7(6)2;1-6-4-7(2)8(3)9-5-6;2*1-6-4-5-7(2)9-8(6)3;1-6-3-7(2)5-8-4-6;1-6-3-4-8-5-7(6)2;1-6-3-4-7(2)8-5-6;1-6-4-3-5-8-7(6)2;1-6-4-2-3-5-7(6)8;1-6-3-2-4-7-5-6/h2-7H,1H3;4*4-5H,1-3H3;4*3-5H,1-2H3;2-5H,1H3;2-5H,1H3. The van der Waals surface area contributed by atoms with E-state index in [9.17, 15) is 5.21 Å². The second-order valence-corrected chi connectivity index (χ2v) is 23.3. The normalized spacial score (nSPS) is 9.48. The van der Waals surface area contributed by atoms with E-state index in [1.54, 1.807) is 25.3 Å². The van der Waals surface area contributed by atoms with Crippen LogP contribution in [0.25, 0.3) is 10.9 Å². The van der Waals surface area contributed by atoms with Gasteiger partial charge in [0.25, 0.3) is 0 Å². The molecule has 0 unspecified atom stereocenters. The first-order valence-corrected chi connectivity index (χ1v) is 31.5. The molecule has 94 heavy (non-hydrogen) atoms. The zero-order valence-electron chi connectivity index (χ0n) is 60.5. The fourth-order valence-electron chi connectivity index (χ4n) is 7.55. The number of pyridine rings is 11. The molecule has 0 aliphatic heterocycles. The van der Waals surface area contributed by atoms with Crippen molar-refractivity contribution in [1.82, 2.24) is 49.8 Å². The average molecular weight is 1260 g/mol. The Kier molecular flexibility index (Phi) is 37.8. The lowest BCUT2D eigenvalue weighted by atomic mass is 10.2. The van der Waals surface area contributed by atoms with Gasteiger partial charge in [0.1, 0.15) is 0 Å². The Hall–Kier alpha value is -10.1. The van der Waals surface area contributed by atoms with E-state index in [0.717, 1.165) is 67.2 Å². The number of para-hydroxylation sites is 1. The van der Waals surface area contributed by atoms with Crippen molar-refractivity contribution in [3.05, 3.63) is 342 Å². The summed E-state index contributed by atoms with van der Waals surface area (Å²) in [5.74, 6) is 0. The number of aryl methyl sites for hydroxylation is 23. The van der Waals surface area contributed by atoms with E-state index in [1.165, 1.54) is 83.9 Å². The molecule has 1 aromatic carbocycles. The quantitative estimate of drug-likeness (QED) is 0.105. The van der Waals surface area contributed by atoms with Gasteiger partial charge < -0.3 is 5.21 Å². The molecule has 0 atom stereocenters. The van der Waals surface area contributed by atoms with Crippen LogP contribution in [0.1, 0.15) is 129 Å². The minimum absolute atomic E-state index is 0.729. The topological polar surface area (TPSA) is 156 Å². The van der Waals surface area contributed by atoms with Crippen LogP contribution in [0.5, 0.6) is 0 Å². The van der Waals surface area contributed by atoms with E-state index >= 15 is 0 Å². The predicted molar refractivity (Wildman–Crippen MR) is 394 cm³/mol. The lowest BCUT2D eigenvalue weighted by Gasteiger charge is -1.97. The molecule has 0 radical (unpaired) electrons. The Bertz CT molecular complexity index is 3690. The molecule has 0 N–H and O–H groups in total. The SMILES string of the molecule is Cc1cc(C)c(C)cn1.Cc1ccc(C)c(C)n1.Cc1ccc(C)c(C)n1.Cc1ccc(C)nc1.Cc1ccc2ccccc2n1.Cc1cccc[n+]1[O-].Cc1cccnc1.Cc1cccnc1C.Cc1ccncc1C.Cc1cnc(C)c(C)c1.Cc1cncc(C)c1. The van der Waals surface area contributed by atoms with Crippen molar-refractivity contribution in [3.63, 3.8) is 0 Å². The first-order valence-electron chi connectivity index (χ1n) is 31.5. The van der Waals surface area contributed by atoms with Crippen molar-refractivity contribution < 1.29 is 4.73 Å². The van der Waals surface area contributed by atoms with Crippen LogP contribution < -0.4 is 4.73 Å². The van der Waals surface area contributed by atoms with Gasteiger partial charge in [0.2, 0.25) is 0 Å². The van der Waals surface area contributed by atoms with Gasteiger partial charge in [0.05, 0.1) is 5.52 Å². The van der Waals surface area contributed by atoms with Gasteiger partial charge in [-0.05, 0) is 279 Å². The van der Waals surface area contributed by atoms with E-state index < -0.39 is 0 Å². The van der Waals surface area contributed by atoms with E-state index in [-0.39, 0.29) is 0 Å². The minimum atomic E-state index is 0.729. The van der Waals surface area contributed by atoms with Crippen LogP contribution >= 0.6 is 0 Å². The molecule has 0 fully saturated rings. The molecule has 0 saturated heterocycles. The van der Waals surface area contributed by atoms with Crippen LogP contribution in [0.4, 0.5) is 0 Å². The highest BCUT2D eigenvalue weighted by molar-refractivity contribution is 5.78. The van der Waals surface area contributed by atoms with Gasteiger partial charge in [-0.15, -0.1) is 0 Å². The molecule has 0 bridgehead atoms. The highest BCUT2D eigenvalue weighted by atomic mass is 16.5. The number of aromatic nitrogens is 11. The van der Waals surface area contributed by atoms with Crippen molar-refractivity contribution in [2.75, 3.05) is 0 Å². The van der Waals surface area contributed by atoms with E-state index in [0.29, 0.717) is 0 Å². The molecule has 0 aliphatic rings. The Morgan fingerprint density at radius 1 is 0.266 bits per heavy atom. The third-order valence-electron chi connectivity index (χ3n) is 14.2. The molecule has 0 spiro atoms. The third kappa shape index (κ3) is 35.5. The number of hydrogen-bond donors (Lipinski definition) is 0. The van der Waals surface area contributed by atoms with Crippen molar-refractivity contribution >= 4 is 10.9 Å². The highest BCUT2D eigenvalue weighted by Gasteiger charge is 1.96. The zero-order valence-corrected chi connectivity index (χ0v) is 60.5. The summed E-state index contributed by atoms with van der Waals surface area (Å²) in [7, 11) is 0. The molecular weight excluding hydrogens is 1150 g/mol. The molecule has 492 valence electrons. The molecular formula is C82H103N11O. The van der Waals surface area contributed by atoms with E-state index in [2.05, 4.69) is 167 Å². The minimum Gasteiger partial charge on any atom is -0.619 e. The molecule has 12 nitrogen and oxygen atoms in total. The molecule has 12 heteroatoms. The first-order chi connectivity index (χ1) is 44.5. The van der Waals surface area contributed by atoms with Crippen molar-refractivity contribution in [2.45, 2.75) is 159 Å². The van der Waals surface area contributed by atoms with Crippen molar-refractivity contribution in [3.8, 4) is 0 Å². The smallest absolute Gasteiger partial charge is 0.189 e. The Balaban J connectivity index is 0.000000353. The summed E-state index contributed by atoms with van der Waals surface area (Å²) in [4.78, 5) is 41.2. The summed E-state index contributed by atoms with van der Waals surface area (Å²) in [6.07, 6.45) is 19.9. The van der Waals surface area contributed by atoms with Gasteiger partial charge >= 0.3 is 0 Å². The molecule has 12 aromatic rings. The molecule has 12 rings (SSSR count). The average Bonchev–Trinajstić information content (AvgIpc) is 1.10. The number of fused-ring (bicyclic) bond motifs is 1. The van der Waals surface area contributed by atoms with E-state index in [4.69, 9.17) is 0 Å². The summed E-state index contributed by atoms with van der Waals surface area (Å²) in [5, 5.41) is 11.7. The maximum absolute atomic E-state index is 10.5. The number of nitrogens with zero attached hydrogens (tertiary/aromatic N) is 11. The van der Waals surface area contributed by atoms with Crippen LogP contribution in [0, 0.1) is 164 Å².